The predicted octanol–water partition coefficient (Wildman–Crippen LogP) is 2.46. The summed E-state index contributed by atoms with van der Waals surface area (Å²) in [4.78, 5) is 30.8. The van der Waals surface area contributed by atoms with Gasteiger partial charge in [0.05, 0.1) is 17.6 Å². The van der Waals surface area contributed by atoms with Gasteiger partial charge in [-0.1, -0.05) is 19.1 Å². The molecule has 0 saturated heterocycles. The molecule has 0 bridgehead atoms. The number of anilines is 1. The number of carbonyl (C=O) groups is 1. The number of fused-ring (bicyclic) bond motifs is 1. The molecule has 0 unspecified atom stereocenters. The number of benzene rings is 2. The highest BCUT2D eigenvalue weighted by molar-refractivity contribution is 5.94. The number of aromatic nitrogens is 2. The maximum absolute atomic E-state index is 13.3. The zero-order chi connectivity index (χ0) is 17.8. The molecule has 0 saturated carbocycles. The van der Waals surface area contributed by atoms with Crippen LogP contribution >= 0.6 is 0 Å². The number of nitrogens with zero attached hydrogens (tertiary/aromatic N) is 1. The van der Waals surface area contributed by atoms with Crippen LogP contribution in [0.5, 0.6) is 0 Å². The Balaban J connectivity index is 1.63. The first kappa shape index (κ1) is 16.9. The third kappa shape index (κ3) is 4.33. The number of amides is 1. The number of hydrogen-bond donors (Lipinski definition) is 3. The van der Waals surface area contributed by atoms with E-state index in [4.69, 9.17) is 0 Å². The van der Waals surface area contributed by atoms with E-state index in [1.165, 1.54) is 12.1 Å². The van der Waals surface area contributed by atoms with Gasteiger partial charge in [-0.3, -0.25) is 9.69 Å². The number of rotatable bonds is 6. The van der Waals surface area contributed by atoms with Crippen molar-refractivity contribution in [3.05, 3.63) is 64.3 Å². The number of aromatic amines is 2. The van der Waals surface area contributed by atoms with Crippen LogP contribution in [-0.2, 0) is 11.3 Å². The van der Waals surface area contributed by atoms with Gasteiger partial charge in [0.25, 0.3) is 0 Å². The van der Waals surface area contributed by atoms with Gasteiger partial charge in [-0.15, -0.1) is 0 Å². The summed E-state index contributed by atoms with van der Waals surface area (Å²) in [5.74, 6) is -0.456. The van der Waals surface area contributed by atoms with Crippen LogP contribution in [-0.4, -0.2) is 33.9 Å². The summed E-state index contributed by atoms with van der Waals surface area (Å²) in [6.07, 6.45) is 0. The van der Waals surface area contributed by atoms with Gasteiger partial charge in [-0.2, -0.15) is 0 Å². The Kier molecular flexibility index (Phi) is 4.95. The quantitative estimate of drug-likeness (QED) is 0.644. The molecule has 130 valence electrons. The second kappa shape index (κ2) is 7.31. The second-order valence-electron chi connectivity index (χ2n) is 5.82. The summed E-state index contributed by atoms with van der Waals surface area (Å²) in [6.45, 7) is 3.29. The van der Waals surface area contributed by atoms with Gasteiger partial charge in [-0.05, 0) is 42.4 Å². The number of halogens is 1. The Bertz CT molecular complexity index is 947. The Morgan fingerprint density at radius 1 is 1.16 bits per heavy atom. The Labute approximate surface area is 143 Å². The van der Waals surface area contributed by atoms with Gasteiger partial charge in [0.2, 0.25) is 5.91 Å². The standard InChI is InChI=1S/C18H19FN4O2/c1-2-23(10-12-4-3-5-13(19)8-12)11-17(24)20-14-6-7-15-16(9-14)22-18(25)21-15/h3-9H,2,10-11H2,1H3,(H,20,24)(H2,21,22,25). The number of likely N-dealkylation sites (N-methyl/N-ethyl adjacent to an activating group) is 1. The fourth-order valence-corrected chi connectivity index (χ4v) is 2.69. The lowest BCUT2D eigenvalue weighted by molar-refractivity contribution is -0.117. The number of nitrogens with one attached hydrogen (secondary N) is 3. The molecule has 0 radical (unpaired) electrons. The first-order valence-corrected chi connectivity index (χ1v) is 8.02. The number of hydrogen-bond acceptors (Lipinski definition) is 3. The van der Waals surface area contributed by atoms with Crippen molar-refractivity contribution < 1.29 is 9.18 Å². The molecule has 0 atom stereocenters. The van der Waals surface area contributed by atoms with Crippen LogP contribution in [0.25, 0.3) is 11.0 Å². The van der Waals surface area contributed by atoms with Gasteiger partial charge >= 0.3 is 5.69 Å². The molecule has 6 nitrogen and oxygen atoms in total. The van der Waals surface area contributed by atoms with Crippen molar-refractivity contribution >= 4 is 22.6 Å². The summed E-state index contributed by atoms with van der Waals surface area (Å²) < 4.78 is 13.3. The molecule has 3 N–H and O–H groups in total. The van der Waals surface area contributed by atoms with Crippen molar-refractivity contribution in [2.75, 3.05) is 18.4 Å². The highest BCUT2D eigenvalue weighted by Crippen LogP contribution is 2.14. The molecule has 2 aromatic carbocycles. The molecule has 1 aromatic heterocycles. The van der Waals surface area contributed by atoms with Crippen LogP contribution < -0.4 is 11.0 Å². The molecule has 0 fully saturated rings. The maximum atomic E-state index is 13.3. The van der Waals surface area contributed by atoms with E-state index in [0.29, 0.717) is 29.8 Å². The smallest absolute Gasteiger partial charge is 0.323 e. The van der Waals surface area contributed by atoms with Crippen LogP contribution in [0.15, 0.2) is 47.3 Å². The molecule has 0 spiro atoms. The third-order valence-corrected chi connectivity index (χ3v) is 3.91. The first-order valence-electron chi connectivity index (χ1n) is 8.02. The fourth-order valence-electron chi connectivity index (χ4n) is 2.69. The zero-order valence-electron chi connectivity index (χ0n) is 13.8. The molecule has 1 heterocycles. The van der Waals surface area contributed by atoms with Crippen molar-refractivity contribution in [2.24, 2.45) is 0 Å². The van der Waals surface area contributed by atoms with Crippen molar-refractivity contribution in [2.45, 2.75) is 13.5 Å². The van der Waals surface area contributed by atoms with E-state index in [0.717, 1.165) is 5.56 Å². The molecular weight excluding hydrogens is 323 g/mol. The van der Waals surface area contributed by atoms with Gasteiger partial charge in [0.1, 0.15) is 5.82 Å². The van der Waals surface area contributed by atoms with Crippen molar-refractivity contribution in [1.82, 2.24) is 14.9 Å². The molecule has 0 aliphatic carbocycles. The van der Waals surface area contributed by atoms with E-state index in [-0.39, 0.29) is 24.0 Å². The van der Waals surface area contributed by atoms with E-state index in [1.807, 2.05) is 17.9 Å². The van der Waals surface area contributed by atoms with Crippen LogP contribution in [0.1, 0.15) is 12.5 Å². The Hall–Kier alpha value is -2.93. The lowest BCUT2D eigenvalue weighted by Crippen LogP contribution is -2.32. The Morgan fingerprint density at radius 3 is 2.72 bits per heavy atom. The third-order valence-electron chi connectivity index (χ3n) is 3.91. The minimum atomic E-state index is -0.286. The number of carbonyl (C=O) groups excluding carboxylic acids is 1. The average Bonchev–Trinajstić information content (AvgIpc) is 2.93. The first-order chi connectivity index (χ1) is 12.0. The summed E-state index contributed by atoms with van der Waals surface area (Å²) in [5, 5.41) is 2.81. The molecule has 0 aliphatic rings. The number of H-pyrrole nitrogens is 2. The van der Waals surface area contributed by atoms with Gasteiger partial charge < -0.3 is 15.3 Å². The van der Waals surface area contributed by atoms with E-state index >= 15 is 0 Å². The van der Waals surface area contributed by atoms with Gasteiger partial charge in [0.15, 0.2) is 0 Å². The topological polar surface area (TPSA) is 81.0 Å². The predicted molar refractivity (Wildman–Crippen MR) is 94.9 cm³/mol. The minimum absolute atomic E-state index is 0.171. The van der Waals surface area contributed by atoms with Crippen molar-refractivity contribution in [3.8, 4) is 0 Å². The SMILES string of the molecule is CCN(CC(=O)Nc1ccc2[nH]c(=O)[nH]c2c1)Cc1cccc(F)c1. The largest absolute Gasteiger partial charge is 0.325 e. The average molecular weight is 342 g/mol. The van der Waals surface area contributed by atoms with Gasteiger partial charge in [0, 0.05) is 12.2 Å². The summed E-state index contributed by atoms with van der Waals surface area (Å²) in [7, 11) is 0. The van der Waals surface area contributed by atoms with Crippen molar-refractivity contribution in [3.63, 3.8) is 0 Å². The Morgan fingerprint density at radius 2 is 1.96 bits per heavy atom. The molecular formula is C18H19FN4O2. The molecule has 3 aromatic rings. The van der Waals surface area contributed by atoms with E-state index in [1.54, 1.807) is 24.3 Å². The monoisotopic (exact) mass is 342 g/mol. The zero-order valence-corrected chi connectivity index (χ0v) is 13.8. The normalized spacial score (nSPS) is 11.2. The van der Waals surface area contributed by atoms with Crippen LogP contribution in [0.4, 0.5) is 10.1 Å². The second-order valence-corrected chi connectivity index (χ2v) is 5.82. The summed E-state index contributed by atoms with van der Waals surface area (Å²) in [5.41, 5.74) is 2.46. The van der Waals surface area contributed by atoms with E-state index < -0.39 is 0 Å². The van der Waals surface area contributed by atoms with Crippen LogP contribution in [0, 0.1) is 5.82 Å². The van der Waals surface area contributed by atoms with Crippen LogP contribution in [0.3, 0.4) is 0 Å². The molecule has 3 rings (SSSR count). The summed E-state index contributed by atoms with van der Waals surface area (Å²) >= 11 is 0. The molecule has 0 aliphatic heterocycles. The lowest BCUT2D eigenvalue weighted by Gasteiger charge is -2.20. The highest BCUT2D eigenvalue weighted by Gasteiger charge is 2.11. The lowest BCUT2D eigenvalue weighted by atomic mass is 10.2. The van der Waals surface area contributed by atoms with E-state index in [2.05, 4.69) is 15.3 Å². The molecule has 25 heavy (non-hydrogen) atoms. The fraction of sp³-hybridized carbons (Fsp3) is 0.222. The highest BCUT2D eigenvalue weighted by atomic mass is 19.1. The minimum Gasteiger partial charge on any atom is -0.325 e. The van der Waals surface area contributed by atoms with Gasteiger partial charge in [-0.25, -0.2) is 9.18 Å². The van der Waals surface area contributed by atoms with Crippen LogP contribution in [0.2, 0.25) is 0 Å². The maximum Gasteiger partial charge on any atom is 0.323 e. The van der Waals surface area contributed by atoms with Crippen molar-refractivity contribution in [1.29, 1.82) is 0 Å². The molecule has 1 amide bonds. The summed E-state index contributed by atoms with van der Waals surface area (Å²) in [6, 6.07) is 11.5. The molecule has 7 heteroatoms. The number of imidazole rings is 1. The van der Waals surface area contributed by atoms with E-state index in [9.17, 15) is 14.0 Å².